The summed E-state index contributed by atoms with van der Waals surface area (Å²) < 4.78 is 71.6. The first-order valence-electron chi connectivity index (χ1n) is 7.35. The molecule has 1 fully saturated rings. The molecular weight excluding hydrogens is 351 g/mol. The van der Waals surface area contributed by atoms with Crippen molar-refractivity contribution in [3.05, 3.63) is 23.4 Å². The first-order chi connectivity index (χ1) is 11.7. The van der Waals surface area contributed by atoms with Gasteiger partial charge in [-0.25, -0.2) is 19.2 Å². The lowest BCUT2D eigenvalue weighted by molar-refractivity contribution is -0.137. The van der Waals surface area contributed by atoms with Crippen LogP contribution in [0, 0.1) is 0 Å². The number of carbonyl (C=O) groups is 1. The number of nitrogens with zero attached hydrogens (tertiary/aromatic N) is 3. The number of hydrogen-bond donors (Lipinski definition) is 1. The third-order valence-electron chi connectivity index (χ3n) is 3.84. The van der Waals surface area contributed by atoms with Crippen molar-refractivity contribution in [2.24, 2.45) is 5.10 Å². The SMILES string of the molecule is O=C1COC(c2cnc(N3CCC(F)(F)CC3)c(C(F)(F)F)c2)=NN1. The van der Waals surface area contributed by atoms with E-state index in [4.69, 9.17) is 4.74 Å². The van der Waals surface area contributed by atoms with Crippen LogP contribution in [0.4, 0.5) is 27.8 Å². The van der Waals surface area contributed by atoms with Crippen molar-refractivity contribution in [1.29, 1.82) is 0 Å². The number of rotatable bonds is 2. The molecule has 25 heavy (non-hydrogen) atoms. The van der Waals surface area contributed by atoms with Crippen LogP contribution in [-0.2, 0) is 15.7 Å². The number of hydrazone groups is 1. The summed E-state index contributed by atoms with van der Waals surface area (Å²) in [5.41, 5.74) is 0.955. The van der Waals surface area contributed by atoms with Crippen molar-refractivity contribution in [3.8, 4) is 0 Å². The molecule has 2 aliphatic heterocycles. The highest BCUT2D eigenvalue weighted by Crippen LogP contribution is 2.38. The zero-order valence-corrected chi connectivity index (χ0v) is 12.7. The van der Waals surface area contributed by atoms with E-state index in [1.807, 2.05) is 0 Å². The number of pyridine rings is 1. The molecule has 3 heterocycles. The molecule has 0 atom stereocenters. The quantitative estimate of drug-likeness (QED) is 0.817. The highest BCUT2D eigenvalue weighted by Gasteiger charge is 2.40. The predicted octanol–water partition coefficient (Wildman–Crippen LogP) is 2.14. The largest absolute Gasteiger partial charge is 0.466 e. The maximum atomic E-state index is 13.4. The molecule has 1 aromatic rings. The van der Waals surface area contributed by atoms with Crippen molar-refractivity contribution in [3.63, 3.8) is 0 Å². The van der Waals surface area contributed by atoms with Crippen LogP contribution in [0.3, 0.4) is 0 Å². The number of anilines is 1. The second-order valence-corrected chi connectivity index (χ2v) is 5.68. The molecule has 136 valence electrons. The first-order valence-corrected chi connectivity index (χ1v) is 7.35. The van der Waals surface area contributed by atoms with E-state index < -0.39 is 42.2 Å². The van der Waals surface area contributed by atoms with Gasteiger partial charge in [0.05, 0.1) is 11.1 Å². The summed E-state index contributed by atoms with van der Waals surface area (Å²) in [4.78, 5) is 16.0. The summed E-state index contributed by atoms with van der Waals surface area (Å²) in [6.45, 7) is -0.824. The summed E-state index contributed by atoms with van der Waals surface area (Å²) in [6.07, 6.45) is -4.70. The fourth-order valence-electron chi connectivity index (χ4n) is 2.54. The minimum atomic E-state index is -4.74. The van der Waals surface area contributed by atoms with E-state index in [0.29, 0.717) is 0 Å². The smallest absolute Gasteiger partial charge is 0.419 e. The molecule has 1 N–H and O–H groups in total. The van der Waals surface area contributed by atoms with Crippen molar-refractivity contribution in [1.82, 2.24) is 10.4 Å². The minimum Gasteiger partial charge on any atom is -0.466 e. The molecule has 0 aliphatic carbocycles. The lowest BCUT2D eigenvalue weighted by Crippen LogP contribution is -2.40. The van der Waals surface area contributed by atoms with E-state index in [9.17, 15) is 26.7 Å². The van der Waals surface area contributed by atoms with Crippen molar-refractivity contribution < 1.29 is 31.5 Å². The summed E-state index contributed by atoms with van der Waals surface area (Å²) in [5, 5.41) is 3.54. The van der Waals surface area contributed by atoms with Crippen LogP contribution in [0.2, 0.25) is 0 Å². The molecule has 2 aliphatic rings. The summed E-state index contributed by atoms with van der Waals surface area (Å²) in [5.74, 6) is -4.02. The van der Waals surface area contributed by atoms with E-state index in [1.165, 1.54) is 4.90 Å². The Kier molecular flexibility index (Phi) is 4.25. The Balaban J connectivity index is 1.93. The molecule has 0 unspecified atom stereocenters. The van der Waals surface area contributed by atoms with Gasteiger partial charge < -0.3 is 9.64 Å². The number of hydrogen-bond acceptors (Lipinski definition) is 5. The Hall–Kier alpha value is -2.46. The van der Waals surface area contributed by atoms with Gasteiger partial charge in [-0.2, -0.15) is 13.2 Å². The average molecular weight is 364 g/mol. The van der Waals surface area contributed by atoms with Gasteiger partial charge in [0.1, 0.15) is 5.82 Å². The average Bonchev–Trinajstić information content (AvgIpc) is 2.54. The molecular formula is C14H13F5N4O2. The Morgan fingerprint density at radius 1 is 1.24 bits per heavy atom. The second kappa shape index (κ2) is 6.12. The van der Waals surface area contributed by atoms with Crippen LogP contribution in [0.5, 0.6) is 0 Å². The molecule has 0 saturated carbocycles. The van der Waals surface area contributed by atoms with E-state index in [-0.39, 0.29) is 31.2 Å². The van der Waals surface area contributed by atoms with E-state index in [1.54, 1.807) is 0 Å². The number of halogens is 5. The summed E-state index contributed by atoms with van der Waals surface area (Å²) in [6, 6.07) is 0.783. The molecule has 1 aromatic heterocycles. The second-order valence-electron chi connectivity index (χ2n) is 5.68. The number of carbonyl (C=O) groups excluding carboxylic acids is 1. The van der Waals surface area contributed by atoms with Gasteiger partial charge in [0.2, 0.25) is 5.90 Å². The number of alkyl halides is 5. The van der Waals surface area contributed by atoms with Crippen molar-refractivity contribution in [2.45, 2.75) is 24.9 Å². The Morgan fingerprint density at radius 3 is 2.48 bits per heavy atom. The number of ether oxygens (including phenoxy) is 1. The highest BCUT2D eigenvalue weighted by atomic mass is 19.4. The molecule has 0 spiro atoms. The van der Waals surface area contributed by atoms with Crippen LogP contribution < -0.4 is 10.3 Å². The van der Waals surface area contributed by atoms with Gasteiger partial charge in [-0.1, -0.05) is 0 Å². The van der Waals surface area contributed by atoms with Crippen molar-refractivity contribution >= 4 is 17.6 Å². The normalized spacial score (nSPS) is 20.6. The van der Waals surface area contributed by atoms with Crippen molar-refractivity contribution in [2.75, 3.05) is 24.6 Å². The van der Waals surface area contributed by atoms with Crippen LogP contribution in [0.25, 0.3) is 0 Å². The zero-order valence-electron chi connectivity index (χ0n) is 12.7. The minimum absolute atomic E-state index is 0.0709. The van der Waals surface area contributed by atoms with E-state index in [2.05, 4.69) is 15.5 Å². The molecule has 1 amide bonds. The molecule has 0 aromatic carbocycles. The van der Waals surface area contributed by atoms with E-state index >= 15 is 0 Å². The van der Waals surface area contributed by atoms with Gasteiger partial charge in [-0.3, -0.25) is 4.79 Å². The topological polar surface area (TPSA) is 66.8 Å². The third kappa shape index (κ3) is 3.80. The van der Waals surface area contributed by atoms with Crippen LogP contribution in [0.15, 0.2) is 17.4 Å². The molecule has 6 nitrogen and oxygen atoms in total. The maximum absolute atomic E-state index is 13.4. The zero-order chi connectivity index (χ0) is 18.2. The van der Waals surface area contributed by atoms with Gasteiger partial charge >= 0.3 is 6.18 Å². The maximum Gasteiger partial charge on any atom is 0.419 e. The van der Waals surface area contributed by atoms with Gasteiger partial charge in [0.25, 0.3) is 11.8 Å². The Morgan fingerprint density at radius 2 is 1.92 bits per heavy atom. The highest BCUT2D eigenvalue weighted by molar-refractivity contribution is 5.98. The number of amides is 1. The van der Waals surface area contributed by atoms with Gasteiger partial charge in [0, 0.05) is 32.1 Å². The summed E-state index contributed by atoms with van der Waals surface area (Å²) in [7, 11) is 0. The number of piperidine rings is 1. The lowest BCUT2D eigenvalue weighted by Gasteiger charge is -2.34. The van der Waals surface area contributed by atoms with Crippen LogP contribution in [0.1, 0.15) is 24.0 Å². The lowest BCUT2D eigenvalue weighted by atomic mass is 10.1. The number of nitrogens with one attached hydrogen (secondary N) is 1. The monoisotopic (exact) mass is 364 g/mol. The summed E-state index contributed by atoms with van der Waals surface area (Å²) >= 11 is 0. The first kappa shape index (κ1) is 17.4. The fraction of sp³-hybridized carbons (Fsp3) is 0.500. The molecule has 3 rings (SSSR count). The van der Waals surface area contributed by atoms with Gasteiger partial charge in [-0.05, 0) is 6.07 Å². The van der Waals surface area contributed by atoms with Gasteiger partial charge in [-0.15, -0.1) is 5.10 Å². The van der Waals surface area contributed by atoms with E-state index in [0.717, 1.165) is 12.3 Å². The van der Waals surface area contributed by atoms with Crippen LogP contribution in [-0.4, -0.2) is 42.4 Å². The molecule has 11 heteroatoms. The molecule has 0 bridgehead atoms. The van der Waals surface area contributed by atoms with Crippen LogP contribution >= 0.6 is 0 Å². The molecule has 1 saturated heterocycles. The molecule has 0 radical (unpaired) electrons. The Bertz CT molecular complexity index is 710. The predicted molar refractivity (Wildman–Crippen MR) is 76.3 cm³/mol. The Labute approximate surface area is 138 Å². The van der Waals surface area contributed by atoms with Gasteiger partial charge in [0.15, 0.2) is 6.61 Å². The fourth-order valence-corrected chi connectivity index (χ4v) is 2.54. The third-order valence-corrected chi connectivity index (χ3v) is 3.84. The number of aromatic nitrogens is 1. The standard InChI is InChI=1S/C14H13F5N4O2/c15-13(16)1-3-23(4-2-13)11-9(14(17,18)19)5-8(6-20-11)12-22-21-10(24)7-25-12/h5-6H,1-4,7H2,(H,21,24).